The summed E-state index contributed by atoms with van der Waals surface area (Å²) in [6.07, 6.45) is 9.82. The van der Waals surface area contributed by atoms with Crippen molar-refractivity contribution in [2.45, 2.75) is 13.8 Å². The van der Waals surface area contributed by atoms with Gasteiger partial charge in [-0.1, -0.05) is 0 Å². The normalized spacial score (nSPS) is 31.0. The van der Waals surface area contributed by atoms with Gasteiger partial charge >= 0.3 is 0 Å². The van der Waals surface area contributed by atoms with Crippen LogP contribution in [0.5, 0.6) is 0 Å². The van der Waals surface area contributed by atoms with Crippen LogP contribution in [0.4, 0.5) is 0 Å². The van der Waals surface area contributed by atoms with Crippen molar-refractivity contribution in [3.05, 3.63) is 26.8 Å². The number of hydrogen-bond donors (Lipinski definition) is 0. The molecule has 0 nitrogen and oxygen atoms in total. The molecule has 0 aliphatic carbocycles. The molecule has 0 amide bonds. The van der Waals surface area contributed by atoms with Crippen molar-refractivity contribution in [3.63, 3.8) is 0 Å². The third-order valence-corrected chi connectivity index (χ3v) is 15.8. The summed E-state index contributed by atoms with van der Waals surface area (Å²) in [5.74, 6) is 0. The van der Waals surface area contributed by atoms with Crippen molar-refractivity contribution in [2.75, 3.05) is 25.0 Å². The Kier molecular flexibility index (Phi) is 3.39. The number of allylic oxidation sites excluding steroid dienone is 3. The molecule has 0 spiro atoms. The molecule has 92 valence electrons. The van der Waals surface area contributed by atoms with E-state index in [9.17, 15) is 0 Å². The zero-order valence-electron chi connectivity index (χ0n) is 10.6. The third-order valence-electron chi connectivity index (χ3n) is 3.58. The molecule has 4 heteroatoms. The maximum atomic E-state index is 2.58. The molecule has 0 saturated carbocycles. The van der Waals surface area contributed by atoms with E-state index in [1.54, 1.807) is 26.8 Å². The minimum atomic E-state index is -0.703. The first-order valence-electron chi connectivity index (χ1n) is 5.08. The van der Waals surface area contributed by atoms with E-state index in [1.165, 1.54) is 0 Å². The van der Waals surface area contributed by atoms with Crippen molar-refractivity contribution in [1.29, 1.82) is 0 Å². The van der Waals surface area contributed by atoms with Crippen molar-refractivity contribution in [2.24, 2.45) is 0 Å². The topological polar surface area (TPSA) is 0 Å². The van der Waals surface area contributed by atoms with Crippen LogP contribution in [0.15, 0.2) is 26.8 Å². The van der Waals surface area contributed by atoms with E-state index in [2.05, 4.69) is 84.1 Å². The van der Waals surface area contributed by atoms with Crippen LogP contribution in [0.2, 0.25) is 0 Å². The summed E-state index contributed by atoms with van der Waals surface area (Å²) in [5, 5.41) is 0. The van der Waals surface area contributed by atoms with Crippen LogP contribution < -0.4 is 0 Å². The number of halogens is 2. The lowest BCUT2D eigenvalue weighted by atomic mass is 10.3. The van der Waals surface area contributed by atoms with Crippen molar-refractivity contribution >= 4 is 65.2 Å². The predicted octanol–water partition coefficient (Wildman–Crippen LogP) is 5.69. The molecule has 16 heavy (non-hydrogen) atoms. The van der Waals surface area contributed by atoms with Gasteiger partial charge in [-0.25, -0.2) is 0 Å². The molecule has 0 unspecified atom stereocenters. The van der Waals surface area contributed by atoms with E-state index < -0.39 is 20.1 Å². The summed E-state index contributed by atoms with van der Waals surface area (Å²) in [5.41, 5.74) is 1.58. The molecule has 0 aromatic carbocycles. The third kappa shape index (κ3) is 1.54. The first-order chi connectivity index (χ1) is 7.13. The van der Waals surface area contributed by atoms with Crippen LogP contribution in [0.1, 0.15) is 13.8 Å². The van der Waals surface area contributed by atoms with E-state index in [-0.39, 0.29) is 0 Å². The Morgan fingerprint density at radius 2 is 1.31 bits per heavy atom. The highest BCUT2D eigenvalue weighted by atomic mass is 127. The van der Waals surface area contributed by atoms with Gasteiger partial charge in [0, 0.05) is 16.3 Å². The Hall–Kier alpha value is 1.38. The molecule has 0 atom stereocenters. The standard InChI is InChI=1S/C12H18I2S2/c1-7-10-11(16(5,6)12(7)14)9(13)8(2)15(10,3)4/h1-6H3. The molecule has 0 aromatic heterocycles. The largest absolute Gasteiger partial charge is 0.195 e. The zero-order valence-corrected chi connectivity index (χ0v) is 16.5. The molecule has 0 N–H and O–H groups in total. The lowest BCUT2D eigenvalue weighted by Crippen LogP contribution is -1.97. The fourth-order valence-corrected chi connectivity index (χ4v) is 13.2. The van der Waals surface area contributed by atoms with Gasteiger partial charge < -0.3 is 0 Å². The molecule has 0 aromatic rings. The molecule has 0 saturated heterocycles. The van der Waals surface area contributed by atoms with E-state index in [0.29, 0.717) is 0 Å². The molecule has 0 bridgehead atoms. The molecular weight excluding hydrogens is 462 g/mol. The van der Waals surface area contributed by atoms with Gasteiger partial charge in [-0.3, -0.25) is 0 Å². The van der Waals surface area contributed by atoms with Gasteiger partial charge in [-0.2, -0.15) is 20.1 Å². The Labute approximate surface area is 129 Å². The van der Waals surface area contributed by atoms with Crippen molar-refractivity contribution < 1.29 is 0 Å². The second kappa shape index (κ2) is 3.93. The van der Waals surface area contributed by atoms with E-state index in [1.807, 2.05) is 0 Å². The SMILES string of the molecule is CC1=C(I)S(C)(C)C2=C1S(C)(C)C(C)=C2I. The minimum absolute atomic E-state index is 0.695. The summed E-state index contributed by atoms with van der Waals surface area (Å²) < 4.78 is 3.19. The summed E-state index contributed by atoms with van der Waals surface area (Å²) in [6.45, 7) is 4.67. The zero-order chi connectivity index (χ0) is 12.5. The van der Waals surface area contributed by atoms with Crippen LogP contribution >= 0.6 is 65.2 Å². The Bertz CT molecular complexity index is 435. The molecule has 0 radical (unpaired) electrons. The molecular formula is C12H18I2S2. The molecule has 2 aliphatic rings. The highest BCUT2D eigenvalue weighted by Crippen LogP contribution is 2.80. The monoisotopic (exact) mass is 480 g/mol. The van der Waals surface area contributed by atoms with Gasteiger partial charge in [0.25, 0.3) is 0 Å². The van der Waals surface area contributed by atoms with Gasteiger partial charge in [0.05, 0.1) is 0 Å². The van der Waals surface area contributed by atoms with Gasteiger partial charge in [-0.05, 0) is 94.5 Å². The molecule has 2 rings (SSSR count). The van der Waals surface area contributed by atoms with E-state index in [4.69, 9.17) is 0 Å². The Morgan fingerprint density at radius 1 is 0.812 bits per heavy atom. The van der Waals surface area contributed by atoms with Gasteiger partial charge in [0.1, 0.15) is 0 Å². The van der Waals surface area contributed by atoms with Crippen molar-refractivity contribution in [3.8, 4) is 0 Å². The van der Waals surface area contributed by atoms with Crippen LogP contribution in [0.3, 0.4) is 0 Å². The summed E-state index contributed by atoms with van der Waals surface area (Å²) in [6, 6.07) is 0. The molecule has 2 heterocycles. The Balaban J connectivity index is 2.76. The molecule has 2 aliphatic heterocycles. The van der Waals surface area contributed by atoms with Crippen molar-refractivity contribution in [1.82, 2.24) is 0 Å². The smallest absolute Gasteiger partial charge is 0.0364 e. The van der Waals surface area contributed by atoms with Crippen LogP contribution in [0, 0.1) is 0 Å². The second-order valence-electron chi connectivity index (χ2n) is 5.08. The molecule has 0 fully saturated rings. The quantitative estimate of drug-likeness (QED) is 0.391. The fourth-order valence-electron chi connectivity index (χ4n) is 2.44. The van der Waals surface area contributed by atoms with Gasteiger partial charge in [-0.15, -0.1) is 0 Å². The summed E-state index contributed by atoms with van der Waals surface area (Å²) in [4.78, 5) is 5.05. The highest BCUT2D eigenvalue weighted by Gasteiger charge is 2.44. The van der Waals surface area contributed by atoms with E-state index >= 15 is 0 Å². The Morgan fingerprint density at radius 3 is 1.75 bits per heavy atom. The predicted molar refractivity (Wildman–Crippen MR) is 99.3 cm³/mol. The van der Waals surface area contributed by atoms with Crippen LogP contribution in [0.25, 0.3) is 0 Å². The summed E-state index contributed by atoms with van der Waals surface area (Å²) in [7, 11) is -1.40. The highest BCUT2D eigenvalue weighted by molar-refractivity contribution is 14.1. The lowest BCUT2D eigenvalue weighted by molar-refractivity contribution is 1.52. The fraction of sp³-hybridized carbons (Fsp3) is 0.500. The summed E-state index contributed by atoms with van der Waals surface area (Å²) >= 11 is 5.16. The minimum Gasteiger partial charge on any atom is -0.195 e. The van der Waals surface area contributed by atoms with E-state index in [0.717, 1.165) is 0 Å². The van der Waals surface area contributed by atoms with Gasteiger partial charge in [0.2, 0.25) is 0 Å². The average Bonchev–Trinajstić information content (AvgIpc) is 2.47. The second-order valence-corrected chi connectivity index (χ2v) is 15.1. The number of hydrogen-bond acceptors (Lipinski definition) is 0. The first-order valence-corrected chi connectivity index (χ1v) is 12.1. The van der Waals surface area contributed by atoms with Crippen LogP contribution in [-0.4, -0.2) is 25.0 Å². The van der Waals surface area contributed by atoms with Crippen LogP contribution in [-0.2, 0) is 0 Å². The maximum absolute atomic E-state index is 2.58. The first kappa shape index (κ1) is 13.8. The lowest BCUT2D eigenvalue weighted by Gasteiger charge is -2.31. The average molecular weight is 480 g/mol. The van der Waals surface area contributed by atoms with Gasteiger partial charge in [0.15, 0.2) is 0 Å². The maximum Gasteiger partial charge on any atom is 0.0364 e. The number of rotatable bonds is 0.